The molecule has 1 aromatic heterocycles. The topological polar surface area (TPSA) is 70.2 Å². The molecule has 1 aliphatic heterocycles. The molecule has 0 aliphatic carbocycles. The summed E-state index contributed by atoms with van der Waals surface area (Å²) in [6.45, 7) is 8.05. The number of amides is 1. The van der Waals surface area contributed by atoms with E-state index in [-0.39, 0.29) is 11.9 Å². The first-order valence-electron chi connectivity index (χ1n) is 6.70. The van der Waals surface area contributed by atoms with Crippen molar-refractivity contribution in [3.05, 3.63) is 11.9 Å². The Kier molecular flexibility index (Phi) is 4.19. The molecular weight excluding hydrogens is 242 g/mol. The standard InChI is InChI=1S/C13H21N5O/c1-4-14-12-7-13(16-9(2)15-12)18-6-5-11(8-18)17-10(3)19/h7,11H,4-6,8H2,1-3H3,(H,17,19)(H,14,15,16). The molecule has 19 heavy (non-hydrogen) atoms. The van der Waals surface area contributed by atoms with Gasteiger partial charge in [0.05, 0.1) is 0 Å². The number of hydrogen-bond acceptors (Lipinski definition) is 5. The Bertz CT molecular complexity index is 462. The third kappa shape index (κ3) is 3.56. The summed E-state index contributed by atoms with van der Waals surface area (Å²) in [5.41, 5.74) is 0. The Morgan fingerprint density at radius 3 is 3.00 bits per heavy atom. The van der Waals surface area contributed by atoms with Crippen LogP contribution in [0.15, 0.2) is 6.07 Å². The molecule has 104 valence electrons. The molecule has 2 heterocycles. The van der Waals surface area contributed by atoms with Crippen molar-refractivity contribution in [2.24, 2.45) is 0 Å². The Balaban J connectivity index is 2.08. The normalized spacial score (nSPS) is 18.5. The fourth-order valence-corrected chi connectivity index (χ4v) is 2.36. The molecule has 1 unspecified atom stereocenters. The molecular formula is C13H21N5O. The van der Waals surface area contributed by atoms with Gasteiger partial charge in [0.15, 0.2) is 0 Å². The zero-order valence-corrected chi connectivity index (χ0v) is 11.7. The van der Waals surface area contributed by atoms with E-state index in [9.17, 15) is 4.79 Å². The molecule has 1 aromatic rings. The molecule has 6 heteroatoms. The Hall–Kier alpha value is -1.85. The fraction of sp³-hybridized carbons (Fsp3) is 0.615. The summed E-state index contributed by atoms with van der Waals surface area (Å²) in [5, 5.41) is 6.16. The van der Waals surface area contributed by atoms with Crippen molar-refractivity contribution in [1.29, 1.82) is 0 Å². The average molecular weight is 263 g/mol. The average Bonchev–Trinajstić information content (AvgIpc) is 2.76. The van der Waals surface area contributed by atoms with Gasteiger partial charge in [-0.25, -0.2) is 9.97 Å². The quantitative estimate of drug-likeness (QED) is 0.845. The van der Waals surface area contributed by atoms with Crippen LogP contribution in [-0.2, 0) is 4.79 Å². The van der Waals surface area contributed by atoms with Gasteiger partial charge in [0.1, 0.15) is 17.5 Å². The smallest absolute Gasteiger partial charge is 0.217 e. The van der Waals surface area contributed by atoms with Crippen molar-refractivity contribution in [1.82, 2.24) is 15.3 Å². The molecule has 0 radical (unpaired) electrons. The van der Waals surface area contributed by atoms with Crippen LogP contribution in [-0.4, -0.2) is 41.6 Å². The highest BCUT2D eigenvalue weighted by Gasteiger charge is 2.24. The van der Waals surface area contributed by atoms with E-state index in [0.29, 0.717) is 0 Å². The lowest BCUT2D eigenvalue weighted by Gasteiger charge is -2.19. The van der Waals surface area contributed by atoms with E-state index in [1.54, 1.807) is 6.92 Å². The molecule has 0 aromatic carbocycles. The second-order valence-corrected chi connectivity index (χ2v) is 4.82. The van der Waals surface area contributed by atoms with Gasteiger partial charge in [0.25, 0.3) is 0 Å². The summed E-state index contributed by atoms with van der Waals surface area (Å²) < 4.78 is 0. The van der Waals surface area contributed by atoms with Crippen molar-refractivity contribution < 1.29 is 4.79 Å². The fourth-order valence-electron chi connectivity index (χ4n) is 2.36. The SMILES string of the molecule is CCNc1cc(N2CCC(NC(C)=O)C2)nc(C)n1. The van der Waals surface area contributed by atoms with Gasteiger partial charge in [-0.1, -0.05) is 0 Å². The molecule has 0 bridgehead atoms. The van der Waals surface area contributed by atoms with E-state index >= 15 is 0 Å². The Morgan fingerprint density at radius 1 is 1.53 bits per heavy atom. The summed E-state index contributed by atoms with van der Waals surface area (Å²) in [6.07, 6.45) is 0.958. The number of aryl methyl sites for hydroxylation is 1. The van der Waals surface area contributed by atoms with Gasteiger partial charge >= 0.3 is 0 Å². The van der Waals surface area contributed by atoms with Crippen LogP contribution >= 0.6 is 0 Å². The van der Waals surface area contributed by atoms with Gasteiger partial charge in [0.2, 0.25) is 5.91 Å². The van der Waals surface area contributed by atoms with E-state index in [1.807, 2.05) is 19.9 Å². The van der Waals surface area contributed by atoms with Crippen molar-refractivity contribution in [3.8, 4) is 0 Å². The van der Waals surface area contributed by atoms with Gasteiger partial charge < -0.3 is 15.5 Å². The van der Waals surface area contributed by atoms with E-state index in [1.165, 1.54) is 0 Å². The maximum absolute atomic E-state index is 11.1. The highest BCUT2D eigenvalue weighted by atomic mass is 16.1. The van der Waals surface area contributed by atoms with E-state index < -0.39 is 0 Å². The van der Waals surface area contributed by atoms with Crippen molar-refractivity contribution in [3.63, 3.8) is 0 Å². The summed E-state index contributed by atoms with van der Waals surface area (Å²) in [7, 11) is 0. The van der Waals surface area contributed by atoms with Gasteiger partial charge in [-0.15, -0.1) is 0 Å². The van der Waals surface area contributed by atoms with E-state index in [2.05, 4.69) is 25.5 Å². The molecule has 0 saturated carbocycles. The predicted molar refractivity (Wildman–Crippen MR) is 75.4 cm³/mol. The number of carbonyl (C=O) groups is 1. The van der Waals surface area contributed by atoms with E-state index in [0.717, 1.165) is 43.5 Å². The number of rotatable bonds is 4. The predicted octanol–water partition coefficient (Wildman–Crippen LogP) is 0.932. The van der Waals surface area contributed by atoms with E-state index in [4.69, 9.17) is 0 Å². The first-order chi connectivity index (χ1) is 9.08. The number of anilines is 2. The van der Waals surface area contributed by atoms with Gasteiger partial charge in [-0.2, -0.15) is 0 Å². The zero-order valence-electron chi connectivity index (χ0n) is 11.7. The molecule has 0 spiro atoms. The Morgan fingerprint density at radius 2 is 2.32 bits per heavy atom. The lowest BCUT2D eigenvalue weighted by molar-refractivity contribution is -0.119. The maximum atomic E-state index is 11.1. The number of hydrogen-bond donors (Lipinski definition) is 2. The third-order valence-electron chi connectivity index (χ3n) is 3.10. The highest BCUT2D eigenvalue weighted by Crippen LogP contribution is 2.20. The van der Waals surface area contributed by atoms with Gasteiger partial charge in [-0.3, -0.25) is 4.79 Å². The van der Waals surface area contributed by atoms with Crippen LogP contribution in [0.2, 0.25) is 0 Å². The van der Waals surface area contributed by atoms with Gasteiger partial charge in [0, 0.05) is 38.7 Å². The molecule has 1 atom stereocenters. The number of nitrogens with one attached hydrogen (secondary N) is 2. The second kappa shape index (κ2) is 5.86. The molecule has 6 nitrogen and oxygen atoms in total. The Labute approximate surface area is 113 Å². The van der Waals surface area contributed by atoms with Crippen LogP contribution in [0.3, 0.4) is 0 Å². The monoisotopic (exact) mass is 263 g/mol. The van der Waals surface area contributed by atoms with Crippen LogP contribution in [0.1, 0.15) is 26.1 Å². The summed E-state index contributed by atoms with van der Waals surface area (Å²) in [5.74, 6) is 2.57. The van der Waals surface area contributed by atoms with Crippen molar-refractivity contribution in [2.75, 3.05) is 29.9 Å². The molecule has 2 N–H and O–H groups in total. The number of aromatic nitrogens is 2. The maximum Gasteiger partial charge on any atom is 0.217 e. The second-order valence-electron chi connectivity index (χ2n) is 4.82. The minimum absolute atomic E-state index is 0.0269. The minimum atomic E-state index is 0.0269. The summed E-state index contributed by atoms with van der Waals surface area (Å²) in [4.78, 5) is 22.1. The first kappa shape index (κ1) is 13.6. The minimum Gasteiger partial charge on any atom is -0.370 e. The lowest BCUT2D eigenvalue weighted by atomic mass is 10.3. The largest absolute Gasteiger partial charge is 0.370 e. The van der Waals surface area contributed by atoms with Crippen LogP contribution in [0.5, 0.6) is 0 Å². The highest BCUT2D eigenvalue weighted by molar-refractivity contribution is 5.73. The lowest BCUT2D eigenvalue weighted by Crippen LogP contribution is -2.35. The van der Waals surface area contributed by atoms with Crippen LogP contribution in [0.25, 0.3) is 0 Å². The number of nitrogens with zero attached hydrogens (tertiary/aromatic N) is 3. The van der Waals surface area contributed by atoms with Gasteiger partial charge in [-0.05, 0) is 20.3 Å². The first-order valence-corrected chi connectivity index (χ1v) is 6.70. The van der Waals surface area contributed by atoms with Crippen molar-refractivity contribution >= 4 is 17.5 Å². The molecule has 1 fully saturated rings. The van der Waals surface area contributed by atoms with Crippen LogP contribution in [0.4, 0.5) is 11.6 Å². The molecule has 2 rings (SSSR count). The van der Waals surface area contributed by atoms with Crippen molar-refractivity contribution in [2.45, 2.75) is 33.2 Å². The summed E-state index contributed by atoms with van der Waals surface area (Å²) in [6, 6.07) is 2.18. The number of carbonyl (C=O) groups excluding carboxylic acids is 1. The summed E-state index contributed by atoms with van der Waals surface area (Å²) >= 11 is 0. The molecule has 1 amide bonds. The molecule has 1 aliphatic rings. The zero-order chi connectivity index (χ0) is 13.8. The third-order valence-corrected chi connectivity index (χ3v) is 3.10. The van der Waals surface area contributed by atoms with Crippen LogP contribution < -0.4 is 15.5 Å². The molecule has 1 saturated heterocycles. The van der Waals surface area contributed by atoms with Crippen LogP contribution in [0, 0.1) is 6.92 Å².